The molecule has 2 fully saturated rings. The number of fused-ring (bicyclic) bond motifs is 2. The Morgan fingerprint density at radius 1 is 1.08 bits per heavy atom. The minimum absolute atomic E-state index is 0.0650. The molecule has 0 aliphatic carbocycles. The van der Waals surface area contributed by atoms with Crippen LogP contribution in [0.2, 0.25) is 0 Å². The molecule has 39 heavy (non-hydrogen) atoms. The van der Waals surface area contributed by atoms with Gasteiger partial charge in [0.15, 0.2) is 0 Å². The van der Waals surface area contributed by atoms with Crippen LogP contribution < -0.4 is 4.90 Å². The number of carbonyl (C=O) groups excluding carboxylic acids is 1. The van der Waals surface area contributed by atoms with Gasteiger partial charge >= 0.3 is 0 Å². The summed E-state index contributed by atoms with van der Waals surface area (Å²) in [7, 11) is 0. The molecule has 1 spiro atoms. The van der Waals surface area contributed by atoms with Crippen molar-refractivity contribution in [2.45, 2.75) is 90.3 Å². The van der Waals surface area contributed by atoms with Gasteiger partial charge in [-0.3, -0.25) is 14.7 Å². The van der Waals surface area contributed by atoms with Crippen LogP contribution in [0.5, 0.6) is 0 Å². The first-order valence-electron chi connectivity index (χ1n) is 14.1. The molecular formula is C31H41BrFN4O2-. The highest BCUT2D eigenvalue weighted by Gasteiger charge is 2.53. The number of halogens is 2. The molecule has 212 valence electrons. The lowest BCUT2D eigenvalue weighted by atomic mass is 9.73. The summed E-state index contributed by atoms with van der Waals surface area (Å²) in [6, 6.07) is 9.15. The Balaban J connectivity index is 1.41. The second-order valence-electron chi connectivity index (χ2n) is 13.0. The van der Waals surface area contributed by atoms with E-state index in [-0.39, 0.29) is 29.2 Å². The number of piperidine rings is 1. The summed E-state index contributed by atoms with van der Waals surface area (Å²) < 4.78 is 15.8. The lowest BCUT2D eigenvalue weighted by Crippen LogP contribution is -2.56. The second kappa shape index (κ2) is 10.2. The van der Waals surface area contributed by atoms with Crippen LogP contribution in [0.4, 0.5) is 10.1 Å². The fourth-order valence-electron chi connectivity index (χ4n) is 6.78. The van der Waals surface area contributed by atoms with Crippen LogP contribution in [0.1, 0.15) is 75.6 Å². The number of hydrogen-bond acceptors (Lipinski definition) is 5. The van der Waals surface area contributed by atoms with Crippen molar-refractivity contribution in [2.75, 3.05) is 31.1 Å². The van der Waals surface area contributed by atoms with Crippen LogP contribution in [-0.4, -0.2) is 64.8 Å². The largest absolute Gasteiger partial charge is 0.771 e. The molecule has 3 aliphatic heterocycles. The molecule has 3 heterocycles. The molecule has 0 saturated carbocycles. The maximum atomic E-state index is 15.1. The zero-order chi connectivity index (χ0) is 28.4. The molecule has 8 heteroatoms. The average molecular weight is 601 g/mol. The normalized spacial score (nSPS) is 24.0. The number of nitrogens with zero attached hydrogens (tertiary/aromatic N) is 4. The summed E-state index contributed by atoms with van der Waals surface area (Å²) >= 11 is 3.36. The van der Waals surface area contributed by atoms with Gasteiger partial charge in [-0.15, -0.1) is 0 Å². The zero-order valence-corrected chi connectivity index (χ0v) is 25.8. The third kappa shape index (κ3) is 4.86. The fourth-order valence-corrected chi connectivity index (χ4v) is 7.12. The molecular weight excluding hydrogens is 559 g/mol. The second-order valence-corrected chi connectivity index (χ2v) is 13.9. The van der Waals surface area contributed by atoms with Crippen molar-refractivity contribution in [3.05, 3.63) is 68.1 Å². The first-order chi connectivity index (χ1) is 18.2. The van der Waals surface area contributed by atoms with Crippen molar-refractivity contribution in [3.8, 4) is 0 Å². The highest BCUT2D eigenvalue weighted by Crippen LogP contribution is 2.50. The smallest absolute Gasteiger partial charge is 0.238 e. The molecule has 1 amide bonds. The number of anilines is 1. The Hall–Kier alpha value is -1.84. The quantitative estimate of drug-likeness (QED) is 0.387. The lowest BCUT2D eigenvalue weighted by molar-refractivity contribution is -0.128. The number of carbonyl (C=O) groups is 1. The molecule has 2 aromatic rings. The Bertz CT molecular complexity index is 1270. The Morgan fingerprint density at radius 2 is 1.72 bits per heavy atom. The van der Waals surface area contributed by atoms with Gasteiger partial charge in [0.05, 0.1) is 5.41 Å². The number of hydroxylamine groups is 1. The maximum absolute atomic E-state index is 15.1. The summed E-state index contributed by atoms with van der Waals surface area (Å²) in [5.74, 6) is -0.375. The van der Waals surface area contributed by atoms with Crippen molar-refractivity contribution < 1.29 is 9.18 Å². The Kier molecular flexibility index (Phi) is 7.51. The Morgan fingerprint density at radius 3 is 2.31 bits per heavy atom. The number of likely N-dealkylation sites (tertiary alicyclic amines) is 1. The number of aryl methyl sites for hydroxylation is 2. The van der Waals surface area contributed by atoms with Gasteiger partial charge in [-0.05, 0) is 102 Å². The highest BCUT2D eigenvalue weighted by molar-refractivity contribution is 9.10. The third-order valence-corrected chi connectivity index (χ3v) is 9.78. The van der Waals surface area contributed by atoms with Crippen LogP contribution in [0.3, 0.4) is 0 Å². The van der Waals surface area contributed by atoms with Crippen molar-refractivity contribution in [3.63, 3.8) is 0 Å². The molecule has 0 radical (unpaired) electrons. The van der Waals surface area contributed by atoms with Crippen molar-refractivity contribution >= 4 is 27.5 Å². The molecule has 2 atom stereocenters. The minimum Gasteiger partial charge on any atom is -0.771 e. The monoisotopic (exact) mass is 599 g/mol. The van der Waals surface area contributed by atoms with E-state index in [0.717, 1.165) is 16.4 Å². The van der Waals surface area contributed by atoms with Gasteiger partial charge in [-0.25, -0.2) is 4.39 Å². The van der Waals surface area contributed by atoms with Gasteiger partial charge in [0.2, 0.25) is 5.91 Å². The summed E-state index contributed by atoms with van der Waals surface area (Å²) in [5, 5.41) is 17.0. The van der Waals surface area contributed by atoms with Crippen LogP contribution in [0.15, 0.2) is 34.8 Å². The predicted molar refractivity (Wildman–Crippen MR) is 158 cm³/mol. The molecule has 2 saturated heterocycles. The molecule has 0 unspecified atom stereocenters. The van der Waals surface area contributed by atoms with Crippen LogP contribution >= 0.6 is 15.9 Å². The standard InChI is InChI=1S/C31H41BrFN4O2/c1-19(2)36-27-15-21(4)20(3)14-25(27)31(29(36)38)10-12-35(13-11-31)37(39)28-18-34(30(5,6)7)17-24(28)23-9-8-22(32)16-26(23)33/h8-9,14-16,19,24,28H,10-13,17-18H2,1-7H3/q-1/t24-,28+/m0/s1. The molecule has 3 aliphatic rings. The molecule has 2 aromatic carbocycles. The summed E-state index contributed by atoms with van der Waals surface area (Å²) in [5.41, 5.74) is 4.35. The van der Waals surface area contributed by atoms with E-state index in [9.17, 15) is 10.0 Å². The number of amides is 1. The topological polar surface area (TPSA) is 53.1 Å². The van der Waals surface area contributed by atoms with E-state index in [4.69, 9.17) is 0 Å². The Labute approximate surface area is 240 Å². The summed E-state index contributed by atoms with van der Waals surface area (Å²) in [4.78, 5) is 18.2. The first-order valence-corrected chi connectivity index (χ1v) is 14.9. The van der Waals surface area contributed by atoms with Crippen LogP contribution in [-0.2, 0) is 10.2 Å². The van der Waals surface area contributed by atoms with Gasteiger partial charge in [0.1, 0.15) is 5.82 Å². The lowest BCUT2D eigenvalue weighted by Gasteiger charge is -2.50. The molecule has 0 bridgehead atoms. The minimum atomic E-state index is -0.597. The number of rotatable bonds is 4. The van der Waals surface area contributed by atoms with E-state index in [1.165, 1.54) is 17.2 Å². The van der Waals surface area contributed by atoms with E-state index in [2.05, 4.69) is 81.4 Å². The summed E-state index contributed by atoms with van der Waals surface area (Å²) in [6.07, 6.45) is 1.19. The van der Waals surface area contributed by atoms with Gasteiger partial charge in [0.25, 0.3) is 0 Å². The van der Waals surface area contributed by atoms with Crippen LogP contribution in [0.25, 0.3) is 0 Å². The van der Waals surface area contributed by atoms with Crippen LogP contribution in [0, 0.1) is 24.9 Å². The van der Waals surface area contributed by atoms with Crippen molar-refractivity contribution in [1.29, 1.82) is 0 Å². The molecule has 6 nitrogen and oxygen atoms in total. The number of benzene rings is 2. The van der Waals surface area contributed by atoms with Gasteiger partial charge < -0.3 is 15.3 Å². The SMILES string of the molecule is Cc1cc2c(cc1C)C1(CCN(N([O-])[C@@H]3CN(C(C)(C)C)C[C@H]3c3ccc(Br)cc3F)CC1)C(=O)N2C(C)C. The van der Waals surface area contributed by atoms with Gasteiger partial charge in [-0.2, -0.15) is 0 Å². The average Bonchev–Trinajstić information content (AvgIpc) is 3.39. The van der Waals surface area contributed by atoms with Crippen molar-refractivity contribution in [2.24, 2.45) is 0 Å². The van der Waals surface area contributed by atoms with E-state index in [1.807, 2.05) is 16.0 Å². The van der Waals surface area contributed by atoms with Crippen molar-refractivity contribution in [1.82, 2.24) is 15.1 Å². The third-order valence-electron chi connectivity index (χ3n) is 9.29. The van der Waals surface area contributed by atoms with E-state index < -0.39 is 11.5 Å². The summed E-state index contributed by atoms with van der Waals surface area (Å²) in [6.45, 7) is 16.9. The fraction of sp³-hybridized carbons (Fsp3) is 0.581. The predicted octanol–water partition coefficient (Wildman–Crippen LogP) is 6.27. The van der Waals surface area contributed by atoms with Gasteiger partial charge in [-0.1, -0.05) is 28.1 Å². The molecule has 0 aromatic heterocycles. The maximum Gasteiger partial charge on any atom is 0.238 e. The molecule has 5 rings (SSSR count). The number of hydrazine groups is 1. The zero-order valence-electron chi connectivity index (χ0n) is 24.2. The van der Waals surface area contributed by atoms with E-state index in [1.54, 1.807) is 6.07 Å². The van der Waals surface area contributed by atoms with E-state index in [0.29, 0.717) is 49.1 Å². The van der Waals surface area contributed by atoms with E-state index >= 15 is 4.39 Å². The highest BCUT2D eigenvalue weighted by atomic mass is 79.9. The number of hydrogen-bond donors (Lipinski definition) is 0. The first kappa shape index (κ1) is 28.7. The van der Waals surface area contributed by atoms with Gasteiger partial charge in [0, 0.05) is 59.9 Å². The molecule has 0 N–H and O–H groups in total.